The van der Waals surface area contributed by atoms with Crippen LogP contribution < -0.4 is 18.9 Å². The third-order valence-corrected chi connectivity index (χ3v) is 4.99. The van der Waals surface area contributed by atoms with E-state index in [0.717, 1.165) is 5.56 Å². The van der Waals surface area contributed by atoms with Gasteiger partial charge in [-0.15, -0.1) is 0 Å². The minimum atomic E-state index is -0.678. The molecule has 33 heavy (non-hydrogen) atoms. The molecule has 0 fully saturated rings. The molecule has 3 aromatic carbocycles. The second-order valence-corrected chi connectivity index (χ2v) is 7.26. The van der Waals surface area contributed by atoms with Crippen molar-refractivity contribution in [1.82, 2.24) is 0 Å². The van der Waals surface area contributed by atoms with E-state index in [9.17, 15) is 9.59 Å². The molecule has 0 aliphatic rings. The van der Waals surface area contributed by atoms with E-state index in [1.807, 2.05) is 12.1 Å². The first kappa shape index (κ1) is 23.9. The lowest BCUT2D eigenvalue weighted by molar-refractivity contribution is 0.0470. The lowest BCUT2D eigenvalue weighted by Gasteiger charge is -2.14. The van der Waals surface area contributed by atoms with Crippen LogP contribution in [0, 0.1) is 0 Å². The van der Waals surface area contributed by atoms with Gasteiger partial charge in [-0.3, -0.25) is 4.79 Å². The quantitative estimate of drug-likeness (QED) is 0.305. The fourth-order valence-corrected chi connectivity index (χ4v) is 3.16. The van der Waals surface area contributed by atoms with E-state index >= 15 is 0 Å². The molecule has 0 heterocycles. The van der Waals surface area contributed by atoms with Crippen molar-refractivity contribution in [1.29, 1.82) is 0 Å². The Morgan fingerprint density at radius 3 is 2.06 bits per heavy atom. The fraction of sp³-hybridized carbons (Fsp3) is 0.200. The third kappa shape index (κ3) is 5.96. The summed E-state index contributed by atoms with van der Waals surface area (Å²) in [6, 6.07) is 16.9. The second-order valence-electron chi connectivity index (χ2n) is 6.82. The summed E-state index contributed by atoms with van der Waals surface area (Å²) < 4.78 is 26.8. The van der Waals surface area contributed by atoms with Crippen LogP contribution in [0.5, 0.6) is 23.0 Å². The molecular formula is C25H23ClO7. The van der Waals surface area contributed by atoms with Crippen LogP contribution in [-0.2, 0) is 11.3 Å². The SMILES string of the molecule is COc1cc(C(=O)COC(=O)c2ccccc2OCc2ccc(Cl)cc2)cc(OC)c1OC. The Labute approximate surface area is 196 Å². The molecule has 0 aliphatic carbocycles. The van der Waals surface area contributed by atoms with Crippen molar-refractivity contribution in [2.45, 2.75) is 6.61 Å². The molecule has 172 valence electrons. The van der Waals surface area contributed by atoms with Crippen LogP contribution in [-0.4, -0.2) is 39.7 Å². The van der Waals surface area contributed by atoms with E-state index < -0.39 is 18.4 Å². The average molecular weight is 471 g/mol. The zero-order valence-electron chi connectivity index (χ0n) is 18.4. The number of ketones is 1. The van der Waals surface area contributed by atoms with E-state index in [4.69, 9.17) is 35.3 Å². The topological polar surface area (TPSA) is 80.3 Å². The summed E-state index contributed by atoms with van der Waals surface area (Å²) >= 11 is 5.90. The van der Waals surface area contributed by atoms with Gasteiger partial charge in [0.05, 0.1) is 21.3 Å². The number of hydrogen-bond acceptors (Lipinski definition) is 7. The van der Waals surface area contributed by atoms with E-state index in [0.29, 0.717) is 28.0 Å². The molecule has 8 heteroatoms. The smallest absolute Gasteiger partial charge is 0.342 e. The minimum absolute atomic E-state index is 0.212. The number of halogens is 1. The summed E-state index contributed by atoms with van der Waals surface area (Å²) in [6.45, 7) is -0.227. The van der Waals surface area contributed by atoms with Gasteiger partial charge in [-0.05, 0) is 42.0 Å². The van der Waals surface area contributed by atoms with Gasteiger partial charge < -0.3 is 23.7 Å². The molecule has 0 atom stereocenters. The van der Waals surface area contributed by atoms with Crippen LogP contribution in [0.2, 0.25) is 5.02 Å². The van der Waals surface area contributed by atoms with Crippen LogP contribution in [0.1, 0.15) is 26.3 Å². The summed E-state index contributed by atoms with van der Waals surface area (Å²) in [5.74, 6) is 0.252. The van der Waals surface area contributed by atoms with E-state index in [1.165, 1.54) is 33.5 Å². The van der Waals surface area contributed by atoms with Gasteiger partial charge in [0.15, 0.2) is 18.1 Å². The molecule has 3 rings (SSSR count). The number of carbonyl (C=O) groups is 2. The fourth-order valence-electron chi connectivity index (χ4n) is 3.04. The van der Waals surface area contributed by atoms with Crippen molar-refractivity contribution >= 4 is 23.4 Å². The Hall–Kier alpha value is -3.71. The molecule has 0 unspecified atom stereocenters. The highest BCUT2D eigenvalue weighted by Gasteiger charge is 2.20. The van der Waals surface area contributed by atoms with Gasteiger partial charge >= 0.3 is 5.97 Å². The number of para-hydroxylation sites is 1. The van der Waals surface area contributed by atoms with Crippen LogP contribution >= 0.6 is 11.6 Å². The van der Waals surface area contributed by atoms with Crippen molar-refractivity contribution < 1.29 is 33.3 Å². The molecular weight excluding hydrogens is 448 g/mol. The first-order valence-corrected chi connectivity index (χ1v) is 10.3. The summed E-state index contributed by atoms with van der Waals surface area (Å²) in [5.41, 5.74) is 1.36. The Bertz CT molecular complexity index is 1100. The van der Waals surface area contributed by atoms with Crippen molar-refractivity contribution in [3.63, 3.8) is 0 Å². The third-order valence-electron chi connectivity index (χ3n) is 4.74. The van der Waals surface area contributed by atoms with Gasteiger partial charge in [-0.1, -0.05) is 35.9 Å². The predicted octanol–water partition coefficient (Wildman–Crippen LogP) is 4.98. The van der Waals surface area contributed by atoms with Crippen LogP contribution in [0.4, 0.5) is 0 Å². The Morgan fingerprint density at radius 2 is 1.45 bits per heavy atom. The first-order valence-electron chi connectivity index (χ1n) is 9.93. The monoisotopic (exact) mass is 470 g/mol. The van der Waals surface area contributed by atoms with E-state index in [2.05, 4.69) is 0 Å². The zero-order chi connectivity index (χ0) is 23.8. The van der Waals surface area contributed by atoms with E-state index in [1.54, 1.807) is 36.4 Å². The number of esters is 1. The minimum Gasteiger partial charge on any atom is -0.493 e. The Balaban J connectivity index is 1.68. The van der Waals surface area contributed by atoms with Crippen molar-refractivity contribution in [2.24, 2.45) is 0 Å². The number of hydrogen-bond donors (Lipinski definition) is 0. The maximum absolute atomic E-state index is 12.7. The summed E-state index contributed by atoms with van der Waals surface area (Å²) in [6.07, 6.45) is 0. The normalized spacial score (nSPS) is 10.3. The Morgan fingerprint density at radius 1 is 0.818 bits per heavy atom. The van der Waals surface area contributed by atoms with Gasteiger partial charge in [0.2, 0.25) is 11.5 Å². The molecule has 3 aromatic rings. The lowest BCUT2D eigenvalue weighted by Crippen LogP contribution is -2.15. The number of Topliss-reactive ketones (excluding diaryl/α,β-unsaturated/α-hetero) is 1. The van der Waals surface area contributed by atoms with Crippen LogP contribution in [0.15, 0.2) is 60.7 Å². The van der Waals surface area contributed by atoms with Crippen LogP contribution in [0.3, 0.4) is 0 Å². The first-order chi connectivity index (χ1) is 16.0. The van der Waals surface area contributed by atoms with Crippen molar-refractivity contribution in [3.8, 4) is 23.0 Å². The number of carbonyl (C=O) groups excluding carboxylic acids is 2. The van der Waals surface area contributed by atoms with Crippen molar-refractivity contribution in [3.05, 3.63) is 82.4 Å². The predicted molar refractivity (Wildman–Crippen MR) is 123 cm³/mol. The lowest BCUT2D eigenvalue weighted by atomic mass is 10.1. The summed E-state index contributed by atoms with van der Waals surface area (Å²) in [4.78, 5) is 25.3. The number of methoxy groups -OCH3 is 3. The second kappa shape index (κ2) is 11.2. The van der Waals surface area contributed by atoms with Crippen molar-refractivity contribution in [2.75, 3.05) is 27.9 Å². The average Bonchev–Trinajstić information content (AvgIpc) is 2.85. The summed E-state index contributed by atoms with van der Waals surface area (Å²) in [7, 11) is 4.37. The zero-order valence-corrected chi connectivity index (χ0v) is 19.2. The number of rotatable bonds is 10. The number of ether oxygens (including phenoxy) is 5. The van der Waals surface area contributed by atoms with Gasteiger partial charge in [0.1, 0.15) is 17.9 Å². The molecule has 0 aliphatic heterocycles. The van der Waals surface area contributed by atoms with E-state index in [-0.39, 0.29) is 17.7 Å². The molecule has 0 N–H and O–H groups in total. The Kier molecular flexibility index (Phi) is 8.16. The largest absolute Gasteiger partial charge is 0.493 e. The number of benzene rings is 3. The van der Waals surface area contributed by atoms with Gasteiger partial charge in [0.25, 0.3) is 0 Å². The maximum Gasteiger partial charge on any atom is 0.342 e. The molecule has 0 bridgehead atoms. The van der Waals surface area contributed by atoms with Gasteiger partial charge in [-0.25, -0.2) is 4.79 Å². The summed E-state index contributed by atoms with van der Waals surface area (Å²) in [5, 5.41) is 0.625. The molecule has 7 nitrogen and oxygen atoms in total. The molecule has 0 aromatic heterocycles. The highest BCUT2D eigenvalue weighted by Crippen LogP contribution is 2.38. The van der Waals surface area contributed by atoms with Gasteiger partial charge in [0, 0.05) is 10.6 Å². The molecule has 0 saturated carbocycles. The highest BCUT2D eigenvalue weighted by atomic mass is 35.5. The molecule has 0 saturated heterocycles. The molecule has 0 spiro atoms. The molecule has 0 amide bonds. The van der Waals surface area contributed by atoms with Crippen LogP contribution in [0.25, 0.3) is 0 Å². The maximum atomic E-state index is 12.7. The highest BCUT2D eigenvalue weighted by molar-refractivity contribution is 6.30. The van der Waals surface area contributed by atoms with Gasteiger partial charge in [-0.2, -0.15) is 0 Å². The standard InChI is InChI=1S/C25H23ClO7/c1-29-22-12-17(13-23(30-2)24(22)31-3)20(27)15-33-25(28)19-6-4-5-7-21(19)32-14-16-8-10-18(26)11-9-16/h4-13H,14-15H2,1-3H3. The molecule has 0 radical (unpaired) electrons.